The van der Waals surface area contributed by atoms with E-state index in [1.807, 2.05) is 19.1 Å². The normalized spacial score (nSPS) is 10.8. The molecule has 0 bridgehead atoms. The Bertz CT molecular complexity index is 546. The van der Waals surface area contributed by atoms with E-state index < -0.39 is 0 Å². The van der Waals surface area contributed by atoms with E-state index in [1.54, 1.807) is 6.07 Å². The number of aliphatic hydroxyl groups is 1. The molecule has 1 aromatic heterocycles. The van der Waals surface area contributed by atoms with Crippen molar-refractivity contribution in [3.8, 4) is 0 Å². The highest BCUT2D eigenvalue weighted by Gasteiger charge is 2.04. The number of fused-ring (bicyclic) bond motifs is 1. The first kappa shape index (κ1) is 9.86. The molecule has 0 unspecified atom stereocenters. The third kappa shape index (κ3) is 1.64. The van der Waals surface area contributed by atoms with Gasteiger partial charge >= 0.3 is 0 Å². The Balaban J connectivity index is 2.75. The molecule has 0 fully saturated rings. The van der Waals surface area contributed by atoms with Gasteiger partial charge in [0.15, 0.2) is 0 Å². The van der Waals surface area contributed by atoms with Crippen LogP contribution in [0.4, 0.5) is 0 Å². The zero-order valence-electron chi connectivity index (χ0n) is 8.47. The number of aromatic nitrogens is 2. The van der Waals surface area contributed by atoms with E-state index >= 15 is 0 Å². The minimum Gasteiger partial charge on any atom is -0.395 e. The molecule has 0 spiro atoms. The predicted octanol–water partition coefficient (Wildman–Crippen LogP) is 0.697. The van der Waals surface area contributed by atoms with Crippen molar-refractivity contribution >= 4 is 10.9 Å². The number of aliphatic hydroxyl groups excluding tert-OH is 1. The van der Waals surface area contributed by atoms with Gasteiger partial charge in [0, 0.05) is 0 Å². The Labute approximate surface area is 86.8 Å². The van der Waals surface area contributed by atoms with Gasteiger partial charge < -0.3 is 5.11 Å². The molecule has 0 atom stereocenters. The highest BCUT2D eigenvalue weighted by atomic mass is 16.3. The first-order valence-electron chi connectivity index (χ1n) is 4.79. The second kappa shape index (κ2) is 3.82. The average Bonchev–Trinajstić information content (AvgIpc) is 2.23. The Morgan fingerprint density at radius 2 is 2.27 bits per heavy atom. The molecule has 0 aliphatic carbocycles. The number of para-hydroxylation sites is 1. The second-order valence-electron chi connectivity index (χ2n) is 3.44. The summed E-state index contributed by atoms with van der Waals surface area (Å²) in [6.07, 6.45) is 1.48. The van der Waals surface area contributed by atoms with Crippen molar-refractivity contribution in [2.45, 2.75) is 13.5 Å². The van der Waals surface area contributed by atoms with Crippen LogP contribution in [0, 0.1) is 6.92 Å². The smallest absolute Gasteiger partial charge is 0.261 e. The van der Waals surface area contributed by atoms with Crippen molar-refractivity contribution in [2.75, 3.05) is 6.61 Å². The monoisotopic (exact) mass is 204 g/mol. The summed E-state index contributed by atoms with van der Waals surface area (Å²) in [6, 6.07) is 5.51. The molecule has 0 saturated heterocycles. The van der Waals surface area contributed by atoms with Gasteiger partial charge in [-0.25, -0.2) is 4.98 Å². The predicted molar refractivity (Wildman–Crippen MR) is 57.8 cm³/mol. The average molecular weight is 204 g/mol. The zero-order valence-corrected chi connectivity index (χ0v) is 8.47. The van der Waals surface area contributed by atoms with Crippen molar-refractivity contribution in [2.24, 2.45) is 0 Å². The molecular weight excluding hydrogens is 192 g/mol. The molecule has 1 aromatic carbocycles. The van der Waals surface area contributed by atoms with Crippen LogP contribution in [0.2, 0.25) is 0 Å². The zero-order chi connectivity index (χ0) is 10.8. The van der Waals surface area contributed by atoms with Crippen LogP contribution in [0.5, 0.6) is 0 Å². The molecule has 0 saturated carbocycles. The number of rotatable bonds is 2. The van der Waals surface area contributed by atoms with Gasteiger partial charge in [-0.1, -0.05) is 12.1 Å². The van der Waals surface area contributed by atoms with Crippen LogP contribution in [0.1, 0.15) is 5.56 Å². The molecule has 0 aliphatic heterocycles. The summed E-state index contributed by atoms with van der Waals surface area (Å²) in [5.74, 6) is 0. The minimum atomic E-state index is -0.0993. The molecule has 2 aromatic rings. The Hall–Kier alpha value is -1.68. The molecule has 1 N–H and O–H groups in total. The maximum absolute atomic E-state index is 11.9. The van der Waals surface area contributed by atoms with E-state index in [4.69, 9.17) is 5.11 Å². The Morgan fingerprint density at radius 1 is 1.47 bits per heavy atom. The lowest BCUT2D eigenvalue weighted by Gasteiger charge is -2.05. The summed E-state index contributed by atoms with van der Waals surface area (Å²) in [5, 5.41) is 9.39. The van der Waals surface area contributed by atoms with Gasteiger partial charge in [0.25, 0.3) is 5.56 Å². The van der Waals surface area contributed by atoms with E-state index in [0.717, 1.165) is 11.1 Å². The van der Waals surface area contributed by atoms with Crippen LogP contribution in [0.3, 0.4) is 0 Å². The fraction of sp³-hybridized carbons (Fsp3) is 0.273. The van der Waals surface area contributed by atoms with Crippen LogP contribution in [0.15, 0.2) is 29.3 Å². The summed E-state index contributed by atoms with van der Waals surface area (Å²) < 4.78 is 1.42. The highest BCUT2D eigenvalue weighted by Crippen LogP contribution is 2.10. The molecule has 2 rings (SSSR count). The van der Waals surface area contributed by atoms with Crippen molar-refractivity contribution in [3.63, 3.8) is 0 Å². The molecule has 0 radical (unpaired) electrons. The van der Waals surface area contributed by atoms with E-state index in [9.17, 15) is 4.79 Å². The van der Waals surface area contributed by atoms with Gasteiger partial charge in [-0.3, -0.25) is 9.36 Å². The van der Waals surface area contributed by atoms with Crippen LogP contribution in [-0.2, 0) is 6.54 Å². The molecule has 0 amide bonds. The largest absolute Gasteiger partial charge is 0.395 e. The summed E-state index contributed by atoms with van der Waals surface area (Å²) in [4.78, 5) is 16.1. The maximum Gasteiger partial charge on any atom is 0.261 e. The molecule has 78 valence electrons. The first-order valence-corrected chi connectivity index (χ1v) is 4.79. The lowest BCUT2D eigenvalue weighted by molar-refractivity contribution is 0.274. The molecule has 4 heteroatoms. The fourth-order valence-electron chi connectivity index (χ4n) is 1.60. The maximum atomic E-state index is 11.9. The molecular formula is C11H12N2O2. The van der Waals surface area contributed by atoms with Gasteiger partial charge in [-0.15, -0.1) is 0 Å². The Morgan fingerprint density at radius 3 is 3.00 bits per heavy atom. The second-order valence-corrected chi connectivity index (χ2v) is 3.44. The van der Waals surface area contributed by atoms with Gasteiger partial charge in [0.05, 0.1) is 30.4 Å². The van der Waals surface area contributed by atoms with Crippen molar-refractivity contribution in [1.82, 2.24) is 9.55 Å². The van der Waals surface area contributed by atoms with Crippen LogP contribution in [-0.4, -0.2) is 21.3 Å². The van der Waals surface area contributed by atoms with E-state index in [0.29, 0.717) is 5.39 Å². The Kier molecular flexibility index (Phi) is 2.51. The highest BCUT2D eigenvalue weighted by molar-refractivity contribution is 5.80. The molecule has 1 heterocycles. The minimum absolute atomic E-state index is 0.0566. The van der Waals surface area contributed by atoms with E-state index in [2.05, 4.69) is 4.98 Å². The lowest BCUT2D eigenvalue weighted by Crippen LogP contribution is -2.22. The SMILES string of the molecule is Cc1cccc2c(=O)n(CCO)cnc12. The van der Waals surface area contributed by atoms with Crippen molar-refractivity contribution in [3.05, 3.63) is 40.4 Å². The number of nitrogens with zero attached hydrogens (tertiary/aromatic N) is 2. The standard InChI is InChI=1S/C11H12N2O2/c1-8-3-2-4-9-10(8)12-7-13(5-6-14)11(9)15/h2-4,7,14H,5-6H2,1H3. The summed E-state index contributed by atoms with van der Waals surface area (Å²) in [5.41, 5.74) is 1.62. The summed E-state index contributed by atoms with van der Waals surface area (Å²) >= 11 is 0. The molecule has 4 nitrogen and oxygen atoms in total. The topological polar surface area (TPSA) is 55.1 Å². The molecule has 0 aliphatic rings. The van der Waals surface area contributed by atoms with Gasteiger partial charge in [0.2, 0.25) is 0 Å². The summed E-state index contributed by atoms with van der Waals surface area (Å²) in [6.45, 7) is 2.15. The van der Waals surface area contributed by atoms with Crippen LogP contribution >= 0.6 is 0 Å². The number of hydrogen-bond donors (Lipinski definition) is 1. The first-order chi connectivity index (χ1) is 7.24. The van der Waals surface area contributed by atoms with Gasteiger partial charge in [-0.2, -0.15) is 0 Å². The fourth-order valence-corrected chi connectivity index (χ4v) is 1.60. The quantitative estimate of drug-likeness (QED) is 0.783. The van der Waals surface area contributed by atoms with Gasteiger partial charge in [-0.05, 0) is 18.6 Å². The van der Waals surface area contributed by atoms with E-state index in [1.165, 1.54) is 10.9 Å². The van der Waals surface area contributed by atoms with Crippen molar-refractivity contribution in [1.29, 1.82) is 0 Å². The van der Waals surface area contributed by atoms with Gasteiger partial charge in [0.1, 0.15) is 0 Å². The summed E-state index contributed by atoms with van der Waals surface area (Å²) in [7, 11) is 0. The lowest BCUT2D eigenvalue weighted by atomic mass is 10.1. The third-order valence-electron chi connectivity index (χ3n) is 2.40. The van der Waals surface area contributed by atoms with E-state index in [-0.39, 0.29) is 18.7 Å². The van der Waals surface area contributed by atoms with Crippen LogP contribution in [0.25, 0.3) is 10.9 Å². The molecule has 15 heavy (non-hydrogen) atoms. The number of aryl methyl sites for hydroxylation is 1. The third-order valence-corrected chi connectivity index (χ3v) is 2.40. The number of benzene rings is 1. The number of hydrogen-bond acceptors (Lipinski definition) is 3. The van der Waals surface area contributed by atoms with Crippen molar-refractivity contribution < 1.29 is 5.11 Å². The van der Waals surface area contributed by atoms with Crippen LogP contribution < -0.4 is 5.56 Å².